The second-order valence-electron chi connectivity index (χ2n) is 1.77. The lowest BCUT2D eigenvalue weighted by atomic mass is 10.5. The van der Waals surface area contributed by atoms with Gasteiger partial charge in [-0.2, -0.15) is 0 Å². The minimum atomic E-state index is -0.425. The molecule has 9 heavy (non-hydrogen) atoms. The Balaban J connectivity index is 2.43. The summed E-state index contributed by atoms with van der Waals surface area (Å²) in [4.78, 5) is 15.8. The normalized spacial score (nSPS) is 16.8. The number of hydrogen-bond donors (Lipinski definition) is 1. The molecule has 0 bridgehead atoms. The van der Waals surface area contributed by atoms with Gasteiger partial charge in [0.25, 0.3) is 5.91 Å². The lowest BCUT2D eigenvalue weighted by Gasteiger charge is -2.07. The summed E-state index contributed by atoms with van der Waals surface area (Å²) >= 11 is 0. The second-order valence-corrected chi connectivity index (χ2v) is 1.77. The smallest absolute Gasteiger partial charge is 0.253 e. The van der Waals surface area contributed by atoms with Crippen LogP contribution in [0, 0.1) is 0 Å². The van der Waals surface area contributed by atoms with Crippen LogP contribution in [0.25, 0.3) is 0 Å². The van der Waals surface area contributed by atoms with Crippen molar-refractivity contribution in [2.75, 3.05) is 19.7 Å². The van der Waals surface area contributed by atoms with Gasteiger partial charge >= 0.3 is 0 Å². The van der Waals surface area contributed by atoms with Gasteiger partial charge in [-0.25, -0.2) is 0 Å². The maximum Gasteiger partial charge on any atom is 0.253 e. The van der Waals surface area contributed by atoms with E-state index in [0.29, 0.717) is 13.1 Å². The molecule has 1 rings (SSSR count). The second kappa shape index (κ2) is 2.59. The summed E-state index contributed by atoms with van der Waals surface area (Å²) in [5, 5.41) is 8.34. The number of aliphatic hydroxyl groups excluding tert-OH is 1. The molecule has 0 aromatic heterocycles. The largest absolute Gasteiger partial charge is 0.387 e. The predicted molar refractivity (Wildman–Crippen MR) is 32.2 cm³/mol. The van der Waals surface area contributed by atoms with Crippen LogP contribution in [-0.4, -0.2) is 41.9 Å². The van der Waals surface area contributed by atoms with Gasteiger partial charge in [0.05, 0.1) is 12.9 Å². The van der Waals surface area contributed by atoms with E-state index >= 15 is 0 Å². The first-order valence-corrected chi connectivity index (χ1v) is 2.75. The van der Waals surface area contributed by atoms with E-state index in [9.17, 15) is 4.79 Å². The average Bonchev–Trinajstić information content (AvgIpc) is 2.37. The summed E-state index contributed by atoms with van der Waals surface area (Å²) in [6.45, 7) is 0.844. The molecule has 1 heterocycles. The van der Waals surface area contributed by atoms with Crippen molar-refractivity contribution in [2.24, 2.45) is 4.99 Å². The Hall–Kier alpha value is -0.900. The van der Waals surface area contributed by atoms with Gasteiger partial charge in [0, 0.05) is 6.54 Å². The van der Waals surface area contributed by atoms with Crippen LogP contribution < -0.4 is 0 Å². The SMILES string of the molecule is O=C(CO)N1C=NCC1. The number of nitrogens with zero attached hydrogens (tertiary/aromatic N) is 2. The Morgan fingerprint density at radius 2 is 2.67 bits per heavy atom. The van der Waals surface area contributed by atoms with E-state index < -0.39 is 6.61 Å². The molecule has 50 valence electrons. The van der Waals surface area contributed by atoms with Crippen LogP contribution >= 0.6 is 0 Å². The Morgan fingerprint density at radius 3 is 3.11 bits per heavy atom. The number of carbonyl (C=O) groups is 1. The zero-order valence-electron chi connectivity index (χ0n) is 4.95. The van der Waals surface area contributed by atoms with Crippen LogP contribution in [-0.2, 0) is 4.79 Å². The van der Waals surface area contributed by atoms with Crippen molar-refractivity contribution >= 4 is 12.2 Å². The predicted octanol–water partition coefficient (Wildman–Crippen LogP) is -1.15. The third-order valence-corrected chi connectivity index (χ3v) is 1.15. The first-order valence-electron chi connectivity index (χ1n) is 2.75. The highest BCUT2D eigenvalue weighted by atomic mass is 16.3. The molecule has 0 radical (unpaired) electrons. The zero-order valence-corrected chi connectivity index (χ0v) is 4.95. The van der Waals surface area contributed by atoms with E-state index in [0.717, 1.165) is 0 Å². The standard InChI is InChI=1S/C5H8N2O2/c8-3-5(9)7-2-1-6-4-7/h4,8H,1-3H2. The van der Waals surface area contributed by atoms with E-state index in [1.165, 1.54) is 11.2 Å². The van der Waals surface area contributed by atoms with Crippen LogP contribution in [0.1, 0.15) is 0 Å². The van der Waals surface area contributed by atoms with E-state index in [1.807, 2.05) is 0 Å². The van der Waals surface area contributed by atoms with Gasteiger partial charge in [-0.3, -0.25) is 14.7 Å². The summed E-state index contributed by atoms with van der Waals surface area (Å²) in [7, 11) is 0. The molecule has 1 aliphatic heterocycles. The summed E-state index contributed by atoms with van der Waals surface area (Å²) < 4.78 is 0. The Kier molecular flexibility index (Phi) is 1.79. The lowest BCUT2D eigenvalue weighted by molar-refractivity contribution is -0.129. The molecule has 0 aromatic rings. The van der Waals surface area contributed by atoms with Gasteiger partial charge < -0.3 is 5.11 Å². The summed E-state index contributed by atoms with van der Waals surface area (Å²) in [5.74, 6) is -0.281. The molecule has 1 amide bonds. The highest BCUT2D eigenvalue weighted by Gasteiger charge is 2.11. The van der Waals surface area contributed by atoms with Crippen LogP contribution in [0.15, 0.2) is 4.99 Å². The maximum atomic E-state index is 10.6. The Labute approximate surface area is 52.8 Å². The molecule has 1 N–H and O–H groups in total. The molecule has 4 heteroatoms. The molecule has 0 fully saturated rings. The quantitative estimate of drug-likeness (QED) is 0.484. The highest BCUT2D eigenvalue weighted by Crippen LogP contribution is 1.92. The number of hydrogen-bond acceptors (Lipinski definition) is 3. The molecule has 0 spiro atoms. The minimum absolute atomic E-state index is 0.281. The van der Waals surface area contributed by atoms with Crippen molar-refractivity contribution in [3.63, 3.8) is 0 Å². The number of amides is 1. The van der Waals surface area contributed by atoms with Crippen LogP contribution in [0.3, 0.4) is 0 Å². The van der Waals surface area contributed by atoms with Crippen molar-refractivity contribution in [3.05, 3.63) is 0 Å². The van der Waals surface area contributed by atoms with Crippen molar-refractivity contribution < 1.29 is 9.90 Å². The molecular formula is C5H8N2O2. The first kappa shape index (κ1) is 6.22. The number of rotatable bonds is 1. The first-order chi connectivity index (χ1) is 4.34. The molecule has 0 aliphatic carbocycles. The molecule has 0 unspecified atom stereocenters. The van der Waals surface area contributed by atoms with Gasteiger partial charge in [-0.05, 0) is 0 Å². The lowest BCUT2D eigenvalue weighted by Crippen LogP contribution is -2.30. The molecule has 0 atom stereocenters. The fourth-order valence-electron chi connectivity index (χ4n) is 0.659. The molecule has 0 saturated carbocycles. The Morgan fingerprint density at radius 1 is 1.89 bits per heavy atom. The molecule has 4 nitrogen and oxygen atoms in total. The monoisotopic (exact) mass is 128 g/mol. The van der Waals surface area contributed by atoms with Crippen molar-refractivity contribution in [2.45, 2.75) is 0 Å². The van der Waals surface area contributed by atoms with Gasteiger partial charge in [-0.1, -0.05) is 0 Å². The topological polar surface area (TPSA) is 52.9 Å². The molecular weight excluding hydrogens is 120 g/mol. The minimum Gasteiger partial charge on any atom is -0.387 e. The highest BCUT2D eigenvalue weighted by molar-refractivity contribution is 5.89. The number of aliphatic imine (C=N–C) groups is 1. The van der Waals surface area contributed by atoms with Gasteiger partial charge in [0.15, 0.2) is 0 Å². The average molecular weight is 128 g/mol. The zero-order chi connectivity index (χ0) is 6.69. The van der Waals surface area contributed by atoms with Crippen molar-refractivity contribution in [1.82, 2.24) is 4.90 Å². The summed E-state index contributed by atoms with van der Waals surface area (Å²) in [6, 6.07) is 0. The van der Waals surface area contributed by atoms with E-state index in [1.54, 1.807) is 0 Å². The molecule has 1 aliphatic rings. The van der Waals surface area contributed by atoms with E-state index in [4.69, 9.17) is 5.11 Å². The molecule has 0 saturated heterocycles. The summed E-state index contributed by atoms with van der Waals surface area (Å²) in [5.41, 5.74) is 0. The van der Waals surface area contributed by atoms with E-state index in [2.05, 4.69) is 4.99 Å². The van der Waals surface area contributed by atoms with Crippen LogP contribution in [0.4, 0.5) is 0 Å². The third kappa shape index (κ3) is 1.26. The number of aliphatic hydroxyl groups is 1. The third-order valence-electron chi connectivity index (χ3n) is 1.15. The maximum absolute atomic E-state index is 10.6. The van der Waals surface area contributed by atoms with Crippen molar-refractivity contribution in [3.8, 4) is 0 Å². The van der Waals surface area contributed by atoms with Gasteiger partial charge in [-0.15, -0.1) is 0 Å². The summed E-state index contributed by atoms with van der Waals surface area (Å²) in [6.07, 6.45) is 1.46. The van der Waals surface area contributed by atoms with Crippen LogP contribution in [0.2, 0.25) is 0 Å². The van der Waals surface area contributed by atoms with E-state index in [-0.39, 0.29) is 5.91 Å². The number of carbonyl (C=O) groups excluding carboxylic acids is 1. The van der Waals surface area contributed by atoms with Gasteiger partial charge in [0.2, 0.25) is 0 Å². The van der Waals surface area contributed by atoms with Crippen molar-refractivity contribution in [1.29, 1.82) is 0 Å². The fourth-order valence-corrected chi connectivity index (χ4v) is 0.659. The Bertz CT molecular complexity index is 144. The fraction of sp³-hybridized carbons (Fsp3) is 0.600. The van der Waals surface area contributed by atoms with Gasteiger partial charge in [0.1, 0.15) is 6.61 Å². The molecule has 0 aromatic carbocycles. The van der Waals surface area contributed by atoms with Crippen LogP contribution in [0.5, 0.6) is 0 Å².